The summed E-state index contributed by atoms with van der Waals surface area (Å²) in [4.78, 5) is 34.5. The van der Waals surface area contributed by atoms with Crippen molar-refractivity contribution in [3.8, 4) is 0 Å². The van der Waals surface area contributed by atoms with Gasteiger partial charge in [-0.05, 0) is 39.0 Å². The Morgan fingerprint density at radius 1 is 1.27 bits per heavy atom. The number of hydrogen-bond donors (Lipinski definition) is 2. The van der Waals surface area contributed by atoms with E-state index < -0.39 is 35.9 Å². The average molecular weight is 331 g/mol. The van der Waals surface area contributed by atoms with E-state index in [1.165, 1.54) is 6.07 Å². The molecule has 0 fully saturated rings. The van der Waals surface area contributed by atoms with Crippen LogP contribution in [-0.4, -0.2) is 30.1 Å². The zero-order chi connectivity index (χ0) is 16.9. The first-order valence-electron chi connectivity index (χ1n) is 6.32. The molecule has 1 aromatic rings. The molecule has 3 amide bonds. The molecule has 0 radical (unpaired) electrons. The van der Waals surface area contributed by atoms with E-state index in [1.807, 2.05) is 5.32 Å². The Balaban J connectivity index is 2.52. The van der Waals surface area contributed by atoms with Crippen LogP contribution >= 0.6 is 11.6 Å². The van der Waals surface area contributed by atoms with Crippen molar-refractivity contribution in [2.45, 2.75) is 26.3 Å². The number of hydrogen-bond acceptors (Lipinski definition) is 4. The molecule has 0 spiro atoms. The highest BCUT2D eigenvalue weighted by atomic mass is 35.5. The molecule has 0 saturated heterocycles. The third-order valence-electron chi connectivity index (χ3n) is 2.22. The molecule has 0 aliphatic heterocycles. The first-order chi connectivity index (χ1) is 10.1. The van der Waals surface area contributed by atoms with E-state index in [4.69, 9.17) is 11.6 Å². The van der Waals surface area contributed by atoms with Crippen LogP contribution in [0.2, 0.25) is 5.02 Å². The van der Waals surface area contributed by atoms with Crippen LogP contribution in [0.25, 0.3) is 0 Å². The van der Waals surface area contributed by atoms with Crippen molar-refractivity contribution < 1.29 is 23.5 Å². The van der Waals surface area contributed by atoms with E-state index >= 15 is 0 Å². The van der Waals surface area contributed by atoms with E-state index in [9.17, 15) is 18.8 Å². The van der Waals surface area contributed by atoms with Crippen LogP contribution in [-0.2, 0) is 9.53 Å². The molecule has 0 aromatic heterocycles. The lowest BCUT2D eigenvalue weighted by Gasteiger charge is -2.20. The van der Waals surface area contributed by atoms with E-state index in [2.05, 4.69) is 10.1 Å². The molecule has 0 aliphatic rings. The minimum Gasteiger partial charge on any atom is -0.452 e. The van der Waals surface area contributed by atoms with Crippen molar-refractivity contribution >= 4 is 29.5 Å². The second kappa shape index (κ2) is 7.22. The molecule has 8 heteroatoms. The summed E-state index contributed by atoms with van der Waals surface area (Å²) in [5.74, 6) is -2.70. The largest absolute Gasteiger partial charge is 0.452 e. The van der Waals surface area contributed by atoms with Gasteiger partial charge in [-0.25, -0.2) is 14.0 Å². The molecule has 0 bridgehead atoms. The van der Waals surface area contributed by atoms with Gasteiger partial charge in [0.15, 0.2) is 6.61 Å². The number of imide groups is 1. The number of nitrogens with one attached hydrogen (secondary N) is 2. The number of esters is 1. The quantitative estimate of drug-likeness (QED) is 0.833. The van der Waals surface area contributed by atoms with E-state index in [-0.39, 0.29) is 10.6 Å². The molecular weight excluding hydrogens is 315 g/mol. The van der Waals surface area contributed by atoms with Crippen molar-refractivity contribution in [3.05, 3.63) is 34.6 Å². The number of benzene rings is 1. The summed E-state index contributed by atoms with van der Waals surface area (Å²) in [7, 11) is 0. The monoisotopic (exact) mass is 330 g/mol. The second-order valence-electron chi connectivity index (χ2n) is 5.45. The fraction of sp³-hybridized carbons (Fsp3) is 0.357. The van der Waals surface area contributed by atoms with Gasteiger partial charge in [-0.1, -0.05) is 11.6 Å². The number of carbonyl (C=O) groups excluding carboxylic acids is 3. The molecule has 6 nitrogen and oxygen atoms in total. The van der Waals surface area contributed by atoms with Crippen LogP contribution in [0.15, 0.2) is 18.2 Å². The Kier molecular flexibility index (Phi) is 5.87. The topological polar surface area (TPSA) is 84.5 Å². The highest BCUT2D eigenvalue weighted by Crippen LogP contribution is 2.15. The first kappa shape index (κ1) is 17.9. The lowest BCUT2D eigenvalue weighted by Crippen LogP contribution is -2.49. The van der Waals surface area contributed by atoms with Crippen LogP contribution in [0, 0.1) is 5.82 Å². The minimum atomic E-state index is -1.05. The van der Waals surface area contributed by atoms with Gasteiger partial charge in [0.05, 0.1) is 5.56 Å². The number of rotatable bonds is 3. The van der Waals surface area contributed by atoms with Gasteiger partial charge in [-0.3, -0.25) is 10.1 Å². The highest BCUT2D eigenvalue weighted by molar-refractivity contribution is 6.30. The number of carbonyl (C=O) groups is 3. The Labute approximate surface area is 132 Å². The molecule has 2 N–H and O–H groups in total. The predicted molar refractivity (Wildman–Crippen MR) is 78.1 cm³/mol. The molecule has 120 valence electrons. The summed E-state index contributed by atoms with van der Waals surface area (Å²) in [6.07, 6.45) is 0. The van der Waals surface area contributed by atoms with Crippen LogP contribution in [0.1, 0.15) is 31.1 Å². The van der Waals surface area contributed by atoms with Gasteiger partial charge in [0, 0.05) is 10.6 Å². The SMILES string of the molecule is CC(C)(C)NC(=O)NC(=O)COC(=O)c1cc(Cl)ccc1F. The molecular formula is C14H16ClFN2O4. The van der Waals surface area contributed by atoms with Crippen LogP contribution < -0.4 is 10.6 Å². The zero-order valence-corrected chi connectivity index (χ0v) is 13.1. The third-order valence-corrected chi connectivity index (χ3v) is 2.46. The fourth-order valence-electron chi connectivity index (χ4n) is 1.40. The van der Waals surface area contributed by atoms with Crippen LogP contribution in [0.5, 0.6) is 0 Å². The number of amides is 3. The minimum absolute atomic E-state index is 0.155. The summed E-state index contributed by atoms with van der Waals surface area (Å²) in [6, 6.07) is 2.65. The maximum Gasteiger partial charge on any atom is 0.341 e. The van der Waals surface area contributed by atoms with Crippen molar-refractivity contribution in [2.75, 3.05) is 6.61 Å². The Bertz CT molecular complexity index is 599. The second-order valence-corrected chi connectivity index (χ2v) is 5.89. The highest BCUT2D eigenvalue weighted by Gasteiger charge is 2.18. The molecule has 1 rings (SSSR count). The standard InChI is InChI=1S/C14H16ClFN2O4/c1-14(2,3)18-13(21)17-11(19)7-22-12(20)9-6-8(15)4-5-10(9)16/h4-6H,7H2,1-3H3,(H2,17,18,19,21). The summed E-state index contributed by atoms with van der Waals surface area (Å²) >= 11 is 5.65. The van der Waals surface area contributed by atoms with Crippen LogP contribution in [0.4, 0.5) is 9.18 Å². The third kappa shape index (κ3) is 6.09. The van der Waals surface area contributed by atoms with Gasteiger partial charge in [0.2, 0.25) is 0 Å². The molecule has 0 unspecified atom stereocenters. The zero-order valence-electron chi connectivity index (χ0n) is 12.3. The van der Waals surface area contributed by atoms with Gasteiger partial charge in [-0.15, -0.1) is 0 Å². The van der Waals surface area contributed by atoms with Gasteiger partial charge >= 0.3 is 12.0 Å². The number of halogens is 2. The maximum atomic E-state index is 13.4. The Morgan fingerprint density at radius 2 is 1.91 bits per heavy atom. The van der Waals surface area contributed by atoms with Crippen molar-refractivity contribution in [2.24, 2.45) is 0 Å². The van der Waals surface area contributed by atoms with Crippen molar-refractivity contribution in [1.29, 1.82) is 0 Å². The van der Waals surface area contributed by atoms with Gasteiger partial charge in [0.1, 0.15) is 5.82 Å². The molecule has 0 aliphatic carbocycles. The number of urea groups is 1. The Morgan fingerprint density at radius 3 is 2.50 bits per heavy atom. The van der Waals surface area contributed by atoms with Gasteiger partial charge < -0.3 is 10.1 Å². The summed E-state index contributed by atoms with van der Waals surface area (Å²) in [5.41, 5.74) is -0.912. The van der Waals surface area contributed by atoms with Crippen LogP contribution in [0.3, 0.4) is 0 Å². The first-order valence-corrected chi connectivity index (χ1v) is 6.70. The van der Waals surface area contributed by atoms with Crippen molar-refractivity contribution in [3.63, 3.8) is 0 Å². The van der Waals surface area contributed by atoms with E-state index in [0.717, 1.165) is 12.1 Å². The number of ether oxygens (including phenoxy) is 1. The Hall–Kier alpha value is -2.15. The normalized spacial score (nSPS) is 10.8. The summed E-state index contributed by atoms with van der Waals surface area (Å²) in [5, 5.41) is 4.64. The molecule has 0 atom stereocenters. The average Bonchev–Trinajstić information content (AvgIpc) is 2.36. The maximum absolute atomic E-state index is 13.4. The lowest BCUT2D eigenvalue weighted by atomic mass is 10.1. The fourth-order valence-corrected chi connectivity index (χ4v) is 1.57. The molecule has 1 aromatic carbocycles. The van der Waals surface area contributed by atoms with E-state index in [0.29, 0.717) is 0 Å². The molecule has 0 saturated carbocycles. The molecule has 22 heavy (non-hydrogen) atoms. The smallest absolute Gasteiger partial charge is 0.341 e. The van der Waals surface area contributed by atoms with Crippen molar-refractivity contribution in [1.82, 2.24) is 10.6 Å². The van der Waals surface area contributed by atoms with Gasteiger partial charge in [0.25, 0.3) is 5.91 Å². The van der Waals surface area contributed by atoms with Gasteiger partial charge in [-0.2, -0.15) is 0 Å². The molecule has 0 heterocycles. The summed E-state index contributed by atoms with van der Waals surface area (Å²) in [6.45, 7) is 4.49. The van der Waals surface area contributed by atoms with E-state index in [1.54, 1.807) is 20.8 Å². The predicted octanol–water partition coefficient (Wildman–Crippen LogP) is 2.26. The summed E-state index contributed by atoms with van der Waals surface area (Å²) < 4.78 is 18.0. The lowest BCUT2D eigenvalue weighted by molar-refractivity contribution is -0.123.